The van der Waals surface area contributed by atoms with Gasteiger partial charge in [-0.25, -0.2) is 15.8 Å². The van der Waals surface area contributed by atoms with E-state index in [1.54, 1.807) is 0 Å². The molecule has 3 N–H and O–H groups in total. The molecule has 1 aromatic rings. The van der Waals surface area contributed by atoms with Crippen LogP contribution in [0.2, 0.25) is 0 Å². The third-order valence-electron chi connectivity index (χ3n) is 3.41. The van der Waals surface area contributed by atoms with Gasteiger partial charge in [-0.1, -0.05) is 20.3 Å². The predicted octanol–water partition coefficient (Wildman–Crippen LogP) is 1.56. The molecule has 1 aliphatic rings. The molecule has 1 saturated heterocycles. The Morgan fingerprint density at radius 3 is 2.88 bits per heavy atom. The molecule has 0 amide bonds. The molecule has 1 atom stereocenters. The highest BCUT2D eigenvalue weighted by Gasteiger charge is 2.22. The monoisotopic (exact) mass is 235 g/mol. The van der Waals surface area contributed by atoms with Crippen LogP contribution in [0.4, 0.5) is 11.6 Å². The van der Waals surface area contributed by atoms with Gasteiger partial charge < -0.3 is 10.3 Å². The fraction of sp³-hybridized carbons (Fsp3) is 0.667. The van der Waals surface area contributed by atoms with Gasteiger partial charge in [0.05, 0.1) is 0 Å². The number of aryl methyl sites for hydroxylation is 1. The van der Waals surface area contributed by atoms with E-state index in [0.29, 0.717) is 5.82 Å². The second kappa shape index (κ2) is 5.31. The number of hydrogen-bond acceptors (Lipinski definition) is 5. The minimum atomic E-state index is 0.701. The van der Waals surface area contributed by atoms with Gasteiger partial charge in [0.25, 0.3) is 0 Å². The Bertz CT molecular complexity index is 357. The lowest BCUT2D eigenvalue weighted by Gasteiger charge is -2.18. The number of nitrogen functional groups attached to an aromatic ring is 1. The van der Waals surface area contributed by atoms with Crippen molar-refractivity contribution < 1.29 is 0 Å². The lowest BCUT2D eigenvalue weighted by atomic mass is 10.1. The molecule has 0 spiro atoms. The Morgan fingerprint density at radius 1 is 1.47 bits per heavy atom. The van der Waals surface area contributed by atoms with Gasteiger partial charge >= 0.3 is 0 Å². The Kier molecular flexibility index (Phi) is 3.78. The minimum absolute atomic E-state index is 0.701. The first-order chi connectivity index (χ1) is 8.26. The summed E-state index contributed by atoms with van der Waals surface area (Å²) in [6, 6.07) is 1.93. The van der Waals surface area contributed by atoms with Crippen LogP contribution < -0.4 is 16.2 Å². The minimum Gasteiger partial charge on any atom is -0.356 e. The molecule has 2 heterocycles. The largest absolute Gasteiger partial charge is 0.356 e. The number of hydrazine groups is 1. The van der Waals surface area contributed by atoms with Crippen LogP contribution in [0, 0.1) is 5.92 Å². The molecule has 94 valence electrons. The third kappa shape index (κ3) is 2.66. The van der Waals surface area contributed by atoms with Crippen LogP contribution in [-0.2, 0) is 6.42 Å². The maximum atomic E-state index is 5.44. The van der Waals surface area contributed by atoms with Crippen molar-refractivity contribution in [2.75, 3.05) is 23.4 Å². The maximum Gasteiger partial charge on any atom is 0.145 e. The highest BCUT2D eigenvalue weighted by molar-refractivity contribution is 5.49. The summed E-state index contributed by atoms with van der Waals surface area (Å²) < 4.78 is 0. The Hall–Kier alpha value is -1.36. The number of rotatable bonds is 4. The van der Waals surface area contributed by atoms with Gasteiger partial charge in [-0.15, -0.1) is 0 Å². The molecule has 2 rings (SSSR count). The molecule has 1 aliphatic heterocycles. The third-order valence-corrected chi connectivity index (χ3v) is 3.41. The quantitative estimate of drug-likeness (QED) is 0.612. The van der Waals surface area contributed by atoms with Gasteiger partial charge in [-0.05, 0) is 12.3 Å². The van der Waals surface area contributed by atoms with Crippen molar-refractivity contribution in [3.63, 3.8) is 0 Å². The average molecular weight is 235 g/mol. The van der Waals surface area contributed by atoms with E-state index in [2.05, 4.69) is 34.1 Å². The summed E-state index contributed by atoms with van der Waals surface area (Å²) >= 11 is 0. The van der Waals surface area contributed by atoms with E-state index in [-0.39, 0.29) is 0 Å². The molecule has 0 radical (unpaired) electrons. The number of anilines is 2. The molecule has 5 nitrogen and oxygen atoms in total. The van der Waals surface area contributed by atoms with Crippen molar-refractivity contribution in [1.29, 1.82) is 0 Å². The molecule has 0 aromatic carbocycles. The maximum absolute atomic E-state index is 5.44. The summed E-state index contributed by atoms with van der Waals surface area (Å²) in [6.45, 7) is 6.49. The van der Waals surface area contributed by atoms with Gasteiger partial charge in [-0.2, -0.15) is 0 Å². The lowest BCUT2D eigenvalue weighted by Crippen LogP contribution is -2.22. The van der Waals surface area contributed by atoms with E-state index in [9.17, 15) is 0 Å². The molecular weight excluding hydrogens is 214 g/mol. The van der Waals surface area contributed by atoms with Gasteiger partial charge in [0.2, 0.25) is 0 Å². The zero-order chi connectivity index (χ0) is 12.3. The number of nitrogens with zero attached hydrogens (tertiary/aromatic N) is 3. The molecule has 1 aromatic heterocycles. The van der Waals surface area contributed by atoms with Crippen LogP contribution >= 0.6 is 0 Å². The summed E-state index contributed by atoms with van der Waals surface area (Å²) in [7, 11) is 0. The highest BCUT2D eigenvalue weighted by atomic mass is 15.3. The summed E-state index contributed by atoms with van der Waals surface area (Å²) in [5.74, 6) is 8.78. The predicted molar refractivity (Wildman–Crippen MR) is 69.8 cm³/mol. The van der Waals surface area contributed by atoms with Crippen molar-refractivity contribution in [3.8, 4) is 0 Å². The van der Waals surface area contributed by atoms with E-state index < -0.39 is 0 Å². The van der Waals surface area contributed by atoms with Gasteiger partial charge in [0.1, 0.15) is 17.5 Å². The lowest BCUT2D eigenvalue weighted by molar-refractivity contribution is 0.568. The molecular formula is C12H21N5. The number of nitrogens with two attached hydrogens (primary N) is 1. The van der Waals surface area contributed by atoms with Crippen LogP contribution in [0.25, 0.3) is 0 Å². The van der Waals surface area contributed by atoms with Crippen molar-refractivity contribution in [2.45, 2.75) is 33.1 Å². The topological polar surface area (TPSA) is 67.1 Å². The first kappa shape index (κ1) is 12.1. The molecule has 0 saturated carbocycles. The van der Waals surface area contributed by atoms with E-state index in [4.69, 9.17) is 5.84 Å². The van der Waals surface area contributed by atoms with Crippen LogP contribution in [0.5, 0.6) is 0 Å². The summed E-state index contributed by atoms with van der Waals surface area (Å²) in [6.07, 6.45) is 3.32. The van der Waals surface area contributed by atoms with E-state index >= 15 is 0 Å². The Labute approximate surface area is 102 Å². The van der Waals surface area contributed by atoms with Crippen molar-refractivity contribution in [1.82, 2.24) is 9.97 Å². The van der Waals surface area contributed by atoms with Crippen LogP contribution in [0.1, 0.15) is 32.5 Å². The second-order valence-corrected chi connectivity index (χ2v) is 4.53. The molecule has 1 unspecified atom stereocenters. The highest BCUT2D eigenvalue weighted by Crippen LogP contribution is 2.25. The van der Waals surface area contributed by atoms with Gasteiger partial charge in [0, 0.05) is 25.6 Å². The summed E-state index contributed by atoms with van der Waals surface area (Å²) in [5, 5.41) is 0. The fourth-order valence-electron chi connectivity index (χ4n) is 2.25. The standard InChI is InChI=1S/C12H21N5/c1-3-9-5-6-17(8-9)12-7-11(16-13)14-10(4-2)15-12/h7,9H,3-6,8,13H2,1-2H3,(H,14,15,16). The summed E-state index contributed by atoms with van der Waals surface area (Å²) in [5.41, 5.74) is 2.61. The number of nitrogens with one attached hydrogen (secondary N) is 1. The number of hydrogen-bond donors (Lipinski definition) is 2. The average Bonchev–Trinajstić information content (AvgIpc) is 2.86. The van der Waals surface area contributed by atoms with Crippen LogP contribution in [0.3, 0.4) is 0 Å². The zero-order valence-corrected chi connectivity index (χ0v) is 10.6. The van der Waals surface area contributed by atoms with E-state index in [1.165, 1.54) is 12.8 Å². The number of aromatic nitrogens is 2. The van der Waals surface area contributed by atoms with Gasteiger partial charge in [-0.3, -0.25) is 0 Å². The molecule has 1 fully saturated rings. The van der Waals surface area contributed by atoms with Crippen molar-refractivity contribution in [2.24, 2.45) is 11.8 Å². The zero-order valence-electron chi connectivity index (χ0n) is 10.6. The first-order valence-electron chi connectivity index (χ1n) is 6.36. The SMILES string of the molecule is CCc1nc(NN)cc(N2CCC(CC)C2)n1. The van der Waals surface area contributed by atoms with Crippen molar-refractivity contribution >= 4 is 11.6 Å². The second-order valence-electron chi connectivity index (χ2n) is 4.53. The first-order valence-corrected chi connectivity index (χ1v) is 6.36. The van der Waals surface area contributed by atoms with E-state index in [0.717, 1.165) is 37.1 Å². The Balaban J connectivity index is 2.20. The molecule has 0 bridgehead atoms. The van der Waals surface area contributed by atoms with Crippen LogP contribution in [0.15, 0.2) is 6.07 Å². The summed E-state index contributed by atoms with van der Waals surface area (Å²) in [4.78, 5) is 11.2. The molecule has 17 heavy (non-hydrogen) atoms. The van der Waals surface area contributed by atoms with Crippen LogP contribution in [-0.4, -0.2) is 23.1 Å². The molecule has 5 heteroatoms. The smallest absolute Gasteiger partial charge is 0.145 e. The normalized spacial score (nSPS) is 19.7. The van der Waals surface area contributed by atoms with E-state index in [1.807, 2.05) is 6.07 Å². The fourth-order valence-corrected chi connectivity index (χ4v) is 2.25. The molecule has 0 aliphatic carbocycles. The Morgan fingerprint density at radius 2 is 2.29 bits per heavy atom. The van der Waals surface area contributed by atoms with Crippen molar-refractivity contribution in [3.05, 3.63) is 11.9 Å². The van der Waals surface area contributed by atoms with Gasteiger partial charge in [0.15, 0.2) is 0 Å².